The number of anilines is 1. The number of carbonyl (C=O) groups is 3. The summed E-state index contributed by atoms with van der Waals surface area (Å²) in [5, 5.41) is 6.56. The zero-order valence-electron chi connectivity index (χ0n) is 15.8. The summed E-state index contributed by atoms with van der Waals surface area (Å²) in [5.41, 5.74) is 1.52. The fraction of sp³-hybridized carbons (Fsp3) is 0.150. The van der Waals surface area contributed by atoms with Crippen LogP contribution in [0.15, 0.2) is 49.1 Å². The van der Waals surface area contributed by atoms with Crippen LogP contribution in [0.25, 0.3) is 5.69 Å². The van der Waals surface area contributed by atoms with Crippen molar-refractivity contribution >= 4 is 23.3 Å². The number of nitrogens with zero attached hydrogens (tertiary/aromatic N) is 3. The van der Waals surface area contributed by atoms with Gasteiger partial charge in [0.25, 0.3) is 5.91 Å². The van der Waals surface area contributed by atoms with Gasteiger partial charge in [0.15, 0.2) is 23.9 Å². The number of Topliss-reactive ketones (excluding diaryl/α,β-unsaturated/α-hetero) is 1. The first kappa shape index (κ1) is 19.1. The Morgan fingerprint density at radius 2 is 1.87 bits per heavy atom. The van der Waals surface area contributed by atoms with Gasteiger partial charge in [0.1, 0.15) is 12.7 Å². The van der Waals surface area contributed by atoms with Crippen LogP contribution in [0.4, 0.5) is 5.69 Å². The number of hydrogen-bond acceptors (Lipinski definition) is 8. The normalized spacial score (nSPS) is 11.8. The van der Waals surface area contributed by atoms with E-state index in [0.29, 0.717) is 11.5 Å². The van der Waals surface area contributed by atoms with Gasteiger partial charge in [-0.3, -0.25) is 9.59 Å². The first-order valence-corrected chi connectivity index (χ1v) is 8.88. The monoisotopic (exact) mass is 408 g/mol. The van der Waals surface area contributed by atoms with E-state index in [0.717, 1.165) is 5.69 Å². The molecule has 1 aliphatic rings. The summed E-state index contributed by atoms with van der Waals surface area (Å²) in [5.74, 6) is -0.663. The molecule has 30 heavy (non-hydrogen) atoms. The molecule has 4 rings (SSSR count). The molecule has 10 nitrogen and oxygen atoms in total. The highest BCUT2D eigenvalue weighted by Gasteiger charge is 2.21. The molecular formula is C20H16N4O6. The summed E-state index contributed by atoms with van der Waals surface area (Å²) in [6.07, 6.45) is 2.93. The molecule has 152 valence electrons. The molecular weight excluding hydrogens is 392 g/mol. The van der Waals surface area contributed by atoms with Crippen molar-refractivity contribution in [1.29, 1.82) is 0 Å². The van der Waals surface area contributed by atoms with Crippen LogP contribution >= 0.6 is 0 Å². The molecule has 0 radical (unpaired) electrons. The summed E-state index contributed by atoms with van der Waals surface area (Å²) in [4.78, 5) is 40.2. The predicted molar refractivity (Wildman–Crippen MR) is 103 cm³/mol. The highest BCUT2D eigenvalue weighted by molar-refractivity contribution is 6.05. The highest BCUT2D eigenvalue weighted by Crippen LogP contribution is 2.37. The molecule has 1 aliphatic heterocycles. The maximum Gasteiger partial charge on any atom is 0.338 e. The van der Waals surface area contributed by atoms with Crippen LogP contribution in [0.1, 0.15) is 27.6 Å². The van der Waals surface area contributed by atoms with Crippen molar-refractivity contribution in [3.63, 3.8) is 0 Å². The fourth-order valence-electron chi connectivity index (χ4n) is 2.83. The molecule has 1 amide bonds. The second kappa shape index (κ2) is 8.03. The molecule has 0 atom stereocenters. The first-order chi connectivity index (χ1) is 14.5. The van der Waals surface area contributed by atoms with Gasteiger partial charge < -0.3 is 19.5 Å². The van der Waals surface area contributed by atoms with Crippen molar-refractivity contribution in [2.24, 2.45) is 0 Å². The Bertz CT molecular complexity index is 1110. The van der Waals surface area contributed by atoms with Crippen LogP contribution in [0.3, 0.4) is 0 Å². The lowest BCUT2D eigenvalue weighted by Gasteiger charge is -2.11. The lowest BCUT2D eigenvalue weighted by Crippen LogP contribution is -2.22. The summed E-state index contributed by atoms with van der Waals surface area (Å²) in [6, 6.07) is 9.48. The smallest absolute Gasteiger partial charge is 0.338 e. The number of esters is 1. The van der Waals surface area contributed by atoms with Gasteiger partial charge in [0.2, 0.25) is 6.79 Å². The van der Waals surface area contributed by atoms with Gasteiger partial charge in [0, 0.05) is 11.6 Å². The fourth-order valence-corrected chi connectivity index (χ4v) is 2.83. The molecule has 0 unspecified atom stereocenters. The Morgan fingerprint density at radius 3 is 2.53 bits per heavy atom. The summed E-state index contributed by atoms with van der Waals surface area (Å²) >= 11 is 0. The van der Waals surface area contributed by atoms with Crippen molar-refractivity contribution in [2.75, 3.05) is 18.7 Å². The largest absolute Gasteiger partial charge is 0.454 e. The van der Waals surface area contributed by atoms with Crippen LogP contribution in [-0.4, -0.2) is 45.8 Å². The van der Waals surface area contributed by atoms with Gasteiger partial charge in [-0.2, -0.15) is 5.10 Å². The number of ether oxygens (including phenoxy) is 3. The third-order valence-electron chi connectivity index (χ3n) is 4.29. The third-order valence-corrected chi connectivity index (χ3v) is 4.29. The lowest BCUT2D eigenvalue weighted by molar-refractivity contribution is -0.119. The summed E-state index contributed by atoms with van der Waals surface area (Å²) < 4.78 is 17.1. The molecule has 0 spiro atoms. The Kier molecular flexibility index (Phi) is 5.12. The van der Waals surface area contributed by atoms with E-state index in [1.807, 2.05) is 0 Å². The van der Waals surface area contributed by atoms with Gasteiger partial charge in [-0.1, -0.05) is 0 Å². The van der Waals surface area contributed by atoms with E-state index in [1.165, 1.54) is 31.7 Å². The van der Waals surface area contributed by atoms with Crippen LogP contribution in [0.5, 0.6) is 11.5 Å². The number of carbonyl (C=O) groups excluding carboxylic acids is 3. The second-order valence-electron chi connectivity index (χ2n) is 6.32. The maximum atomic E-state index is 12.2. The molecule has 2 heterocycles. The van der Waals surface area contributed by atoms with E-state index in [1.54, 1.807) is 28.9 Å². The Labute approximate surface area is 170 Å². The van der Waals surface area contributed by atoms with Crippen molar-refractivity contribution in [1.82, 2.24) is 14.8 Å². The molecule has 0 aliphatic carbocycles. The third kappa shape index (κ3) is 3.97. The molecule has 0 saturated carbocycles. The van der Waals surface area contributed by atoms with E-state index in [9.17, 15) is 14.4 Å². The summed E-state index contributed by atoms with van der Waals surface area (Å²) in [7, 11) is 0. The number of ketones is 1. The Hall–Kier alpha value is -4.21. The van der Waals surface area contributed by atoms with E-state index in [2.05, 4.69) is 15.4 Å². The number of amides is 1. The number of fused-ring (bicyclic) bond motifs is 1. The van der Waals surface area contributed by atoms with Crippen molar-refractivity contribution in [3.8, 4) is 17.2 Å². The first-order valence-electron chi connectivity index (χ1n) is 8.88. The minimum Gasteiger partial charge on any atom is -0.454 e. The van der Waals surface area contributed by atoms with Crippen molar-refractivity contribution in [3.05, 3.63) is 60.2 Å². The minimum absolute atomic E-state index is 0.0391. The molecule has 3 aromatic rings. The zero-order chi connectivity index (χ0) is 21.1. The second-order valence-corrected chi connectivity index (χ2v) is 6.32. The summed E-state index contributed by atoms with van der Waals surface area (Å²) in [6.45, 7) is 0.892. The average molecular weight is 408 g/mol. The van der Waals surface area contributed by atoms with Gasteiger partial charge in [0.05, 0.1) is 16.9 Å². The Morgan fingerprint density at radius 1 is 1.13 bits per heavy atom. The van der Waals surface area contributed by atoms with E-state index >= 15 is 0 Å². The molecule has 1 N–H and O–H groups in total. The number of aromatic nitrogens is 3. The van der Waals surface area contributed by atoms with Gasteiger partial charge >= 0.3 is 5.97 Å². The van der Waals surface area contributed by atoms with Crippen LogP contribution in [-0.2, 0) is 9.53 Å². The van der Waals surface area contributed by atoms with Gasteiger partial charge in [-0.25, -0.2) is 14.5 Å². The standard InChI is InChI=1S/C20H16N4O6/c1-12(25)15-6-17-18(30-11-29-17)7-16(15)23-19(26)8-28-20(27)13-2-4-14(5-3-13)24-10-21-9-22-24/h2-7,9-10H,8,11H2,1H3,(H,23,26). The Balaban J connectivity index is 1.38. The highest BCUT2D eigenvalue weighted by atomic mass is 16.7. The predicted octanol–water partition coefficient (Wildman–Crippen LogP) is 1.99. The minimum atomic E-state index is -0.659. The topological polar surface area (TPSA) is 122 Å². The quantitative estimate of drug-likeness (QED) is 0.485. The number of nitrogens with one attached hydrogen (secondary N) is 1. The number of rotatable bonds is 6. The van der Waals surface area contributed by atoms with Gasteiger partial charge in [-0.15, -0.1) is 0 Å². The molecule has 1 aromatic heterocycles. The van der Waals surface area contributed by atoms with E-state index in [-0.39, 0.29) is 29.4 Å². The molecule has 2 aromatic carbocycles. The molecule has 0 bridgehead atoms. The number of hydrogen-bond donors (Lipinski definition) is 1. The SMILES string of the molecule is CC(=O)c1cc2c(cc1NC(=O)COC(=O)c1ccc(-n3cncn3)cc1)OCO2. The van der Waals surface area contributed by atoms with Crippen LogP contribution in [0.2, 0.25) is 0 Å². The van der Waals surface area contributed by atoms with Gasteiger partial charge in [-0.05, 0) is 37.3 Å². The molecule has 10 heteroatoms. The van der Waals surface area contributed by atoms with Crippen LogP contribution in [0, 0.1) is 0 Å². The lowest BCUT2D eigenvalue weighted by atomic mass is 10.1. The number of benzene rings is 2. The van der Waals surface area contributed by atoms with Crippen molar-refractivity contribution in [2.45, 2.75) is 6.92 Å². The van der Waals surface area contributed by atoms with E-state index in [4.69, 9.17) is 14.2 Å². The van der Waals surface area contributed by atoms with E-state index < -0.39 is 18.5 Å². The van der Waals surface area contributed by atoms with Crippen molar-refractivity contribution < 1.29 is 28.6 Å². The maximum absolute atomic E-state index is 12.2. The van der Waals surface area contributed by atoms with Crippen LogP contribution < -0.4 is 14.8 Å². The zero-order valence-corrected chi connectivity index (χ0v) is 15.8. The molecule has 0 fully saturated rings. The average Bonchev–Trinajstić information content (AvgIpc) is 3.43. The molecule has 0 saturated heterocycles.